The van der Waals surface area contributed by atoms with Crippen molar-refractivity contribution in [2.75, 3.05) is 0 Å². The Bertz CT molecular complexity index is 337. The normalized spacial score (nSPS) is 19.1. The molecule has 1 aliphatic rings. The number of aromatic nitrogens is 1. The Hall–Kier alpha value is -0.310. The third-order valence-electron chi connectivity index (χ3n) is 2.81. The van der Waals surface area contributed by atoms with Gasteiger partial charge in [-0.1, -0.05) is 29.6 Å². The molecule has 0 aromatic carbocycles. The summed E-state index contributed by atoms with van der Waals surface area (Å²) in [6.45, 7) is 0. The maximum Gasteiger partial charge on any atom is 0.0760 e. The molecule has 1 aliphatic carbocycles. The second-order valence-electron chi connectivity index (χ2n) is 3.74. The maximum absolute atomic E-state index is 6.06. The molecule has 0 spiro atoms. The van der Waals surface area contributed by atoms with Crippen LogP contribution in [0.2, 0.25) is 10.0 Å². The summed E-state index contributed by atoms with van der Waals surface area (Å²) < 4.78 is 0. The minimum Gasteiger partial charge on any atom is -0.322 e. The zero-order valence-corrected chi connectivity index (χ0v) is 9.22. The molecule has 0 radical (unpaired) electrons. The standard InChI is InChI=1S/C10H12Cl2N2/c11-7-4-8(12)10(14-5-7)9(13)6-2-1-3-6/h4-6,9H,1-3,13H2. The number of hydrogen-bond acceptors (Lipinski definition) is 2. The summed E-state index contributed by atoms with van der Waals surface area (Å²) in [5.74, 6) is 0.543. The van der Waals surface area contributed by atoms with Crippen molar-refractivity contribution in [2.24, 2.45) is 11.7 Å². The van der Waals surface area contributed by atoms with Gasteiger partial charge >= 0.3 is 0 Å². The molecule has 14 heavy (non-hydrogen) atoms. The van der Waals surface area contributed by atoms with Gasteiger partial charge in [-0.3, -0.25) is 4.98 Å². The van der Waals surface area contributed by atoms with Crippen LogP contribution in [0.4, 0.5) is 0 Å². The van der Waals surface area contributed by atoms with Gasteiger partial charge in [-0.2, -0.15) is 0 Å². The van der Waals surface area contributed by atoms with Gasteiger partial charge in [0.2, 0.25) is 0 Å². The first-order chi connectivity index (χ1) is 6.68. The van der Waals surface area contributed by atoms with Crippen molar-refractivity contribution >= 4 is 23.2 Å². The number of halogens is 2. The van der Waals surface area contributed by atoms with Gasteiger partial charge in [0.15, 0.2) is 0 Å². The highest BCUT2D eigenvalue weighted by atomic mass is 35.5. The average Bonchev–Trinajstić information content (AvgIpc) is 2.00. The molecule has 0 amide bonds. The predicted octanol–water partition coefficient (Wildman–Crippen LogP) is 3.19. The summed E-state index contributed by atoms with van der Waals surface area (Å²) in [6, 6.07) is 1.66. The maximum atomic E-state index is 6.06. The van der Waals surface area contributed by atoms with E-state index in [0.29, 0.717) is 16.0 Å². The van der Waals surface area contributed by atoms with Crippen molar-refractivity contribution in [3.8, 4) is 0 Å². The molecule has 0 saturated heterocycles. The quantitative estimate of drug-likeness (QED) is 0.848. The zero-order chi connectivity index (χ0) is 10.1. The molecular formula is C10H12Cl2N2. The lowest BCUT2D eigenvalue weighted by molar-refractivity contribution is 0.261. The van der Waals surface area contributed by atoms with Crippen molar-refractivity contribution < 1.29 is 0 Å². The Morgan fingerprint density at radius 3 is 2.64 bits per heavy atom. The second-order valence-corrected chi connectivity index (χ2v) is 4.58. The second kappa shape index (κ2) is 4.05. The number of pyridine rings is 1. The van der Waals surface area contributed by atoms with E-state index in [1.807, 2.05) is 0 Å². The summed E-state index contributed by atoms with van der Waals surface area (Å²) in [5.41, 5.74) is 6.84. The monoisotopic (exact) mass is 230 g/mol. The number of nitrogens with zero attached hydrogens (tertiary/aromatic N) is 1. The average molecular weight is 231 g/mol. The third kappa shape index (κ3) is 1.88. The van der Waals surface area contributed by atoms with Crippen molar-refractivity contribution in [3.63, 3.8) is 0 Å². The van der Waals surface area contributed by atoms with Gasteiger partial charge in [0.1, 0.15) is 0 Å². The summed E-state index contributed by atoms with van der Waals surface area (Å²) in [7, 11) is 0. The van der Waals surface area contributed by atoms with E-state index in [-0.39, 0.29) is 6.04 Å². The number of rotatable bonds is 2. The number of nitrogens with two attached hydrogens (primary N) is 1. The lowest BCUT2D eigenvalue weighted by atomic mass is 9.79. The van der Waals surface area contributed by atoms with Crippen molar-refractivity contribution in [1.29, 1.82) is 0 Å². The Morgan fingerprint density at radius 1 is 1.43 bits per heavy atom. The molecule has 1 unspecified atom stereocenters. The van der Waals surface area contributed by atoms with E-state index in [2.05, 4.69) is 4.98 Å². The van der Waals surface area contributed by atoms with Gasteiger partial charge in [-0.25, -0.2) is 0 Å². The summed E-state index contributed by atoms with van der Waals surface area (Å²) in [5, 5.41) is 1.14. The molecule has 1 atom stereocenters. The molecular weight excluding hydrogens is 219 g/mol. The lowest BCUT2D eigenvalue weighted by Crippen LogP contribution is -2.27. The molecule has 0 bridgehead atoms. The first-order valence-corrected chi connectivity index (χ1v) is 5.50. The van der Waals surface area contributed by atoms with Crippen LogP contribution in [0.1, 0.15) is 31.0 Å². The predicted molar refractivity (Wildman–Crippen MR) is 58.5 cm³/mol. The molecule has 1 aromatic rings. The molecule has 2 rings (SSSR count). The number of hydrogen-bond donors (Lipinski definition) is 1. The smallest absolute Gasteiger partial charge is 0.0760 e. The molecule has 1 saturated carbocycles. The fourth-order valence-electron chi connectivity index (χ4n) is 1.69. The topological polar surface area (TPSA) is 38.9 Å². The molecule has 1 heterocycles. The third-order valence-corrected chi connectivity index (χ3v) is 3.32. The van der Waals surface area contributed by atoms with Crippen LogP contribution < -0.4 is 5.73 Å². The molecule has 2 nitrogen and oxygen atoms in total. The highest BCUT2D eigenvalue weighted by Crippen LogP contribution is 2.37. The molecule has 1 fully saturated rings. The van der Waals surface area contributed by atoms with Crippen molar-refractivity contribution in [2.45, 2.75) is 25.3 Å². The van der Waals surface area contributed by atoms with Crippen LogP contribution in [-0.2, 0) is 0 Å². The van der Waals surface area contributed by atoms with Gasteiger partial charge in [0, 0.05) is 6.20 Å². The summed E-state index contributed by atoms with van der Waals surface area (Å²) in [6.07, 6.45) is 5.23. The fraction of sp³-hybridized carbons (Fsp3) is 0.500. The Labute approximate surface area is 93.4 Å². The first kappa shape index (κ1) is 10.2. The molecule has 1 aromatic heterocycles. The van der Waals surface area contributed by atoms with Gasteiger partial charge in [0.25, 0.3) is 0 Å². The lowest BCUT2D eigenvalue weighted by Gasteiger charge is -2.31. The SMILES string of the molecule is NC(c1ncc(Cl)cc1Cl)C1CCC1. The van der Waals surface area contributed by atoms with Crippen LogP contribution in [0, 0.1) is 5.92 Å². The van der Waals surface area contributed by atoms with Crippen LogP contribution in [0.25, 0.3) is 0 Å². The zero-order valence-electron chi connectivity index (χ0n) is 7.71. The highest BCUT2D eigenvalue weighted by molar-refractivity contribution is 6.34. The van der Waals surface area contributed by atoms with Crippen LogP contribution >= 0.6 is 23.2 Å². The van der Waals surface area contributed by atoms with Gasteiger partial charge in [-0.05, 0) is 24.8 Å². The van der Waals surface area contributed by atoms with E-state index in [1.54, 1.807) is 12.3 Å². The van der Waals surface area contributed by atoms with Crippen molar-refractivity contribution in [3.05, 3.63) is 28.0 Å². The molecule has 4 heteroatoms. The van der Waals surface area contributed by atoms with Crippen molar-refractivity contribution in [1.82, 2.24) is 4.98 Å². The molecule has 2 N–H and O–H groups in total. The summed E-state index contributed by atoms with van der Waals surface area (Å²) >= 11 is 11.8. The van der Waals surface area contributed by atoms with Crippen LogP contribution in [0.15, 0.2) is 12.3 Å². The van der Waals surface area contributed by atoms with Gasteiger partial charge < -0.3 is 5.73 Å². The molecule has 76 valence electrons. The first-order valence-electron chi connectivity index (χ1n) is 4.75. The summed E-state index contributed by atoms with van der Waals surface area (Å²) in [4.78, 5) is 4.19. The minimum atomic E-state index is -0.0338. The van der Waals surface area contributed by atoms with E-state index < -0.39 is 0 Å². The minimum absolute atomic E-state index is 0.0338. The molecule has 0 aliphatic heterocycles. The van der Waals surface area contributed by atoms with Gasteiger partial charge in [-0.15, -0.1) is 0 Å². The van der Waals surface area contributed by atoms with Crippen LogP contribution in [0.3, 0.4) is 0 Å². The van der Waals surface area contributed by atoms with Gasteiger partial charge in [0.05, 0.1) is 21.8 Å². The van der Waals surface area contributed by atoms with E-state index in [4.69, 9.17) is 28.9 Å². The van der Waals surface area contributed by atoms with E-state index >= 15 is 0 Å². The van der Waals surface area contributed by atoms with E-state index in [1.165, 1.54) is 19.3 Å². The Morgan fingerprint density at radius 2 is 2.14 bits per heavy atom. The largest absolute Gasteiger partial charge is 0.322 e. The Kier molecular flexibility index (Phi) is 2.96. The van der Waals surface area contributed by atoms with E-state index in [9.17, 15) is 0 Å². The Balaban J connectivity index is 2.22. The van der Waals surface area contributed by atoms with Crippen LogP contribution in [-0.4, -0.2) is 4.98 Å². The van der Waals surface area contributed by atoms with E-state index in [0.717, 1.165) is 5.69 Å². The fourth-order valence-corrected chi connectivity index (χ4v) is 2.20. The highest BCUT2D eigenvalue weighted by Gasteiger charge is 2.27. The van der Waals surface area contributed by atoms with Crippen LogP contribution in [0.5, 0.6) is 0 Å².